The van der Waals surface area contributed by atoms with Crippen LogP contribution in [0.2, 0.25) is 0 Å². The number of hydrogen-bond donors (Lipinski definition) is 1. The first-order valence-corrected chi connectivity index (χ1v) is 7.66. The Hall–Kier alpha value is -2.02. The highest BCUT2D eigenvalue weighted by atomic mass is 79.9. The van der Waals surface area contributed by atoms with Gasteiger partial charge in [0.15, 0.2) is 11.5 Å². The van der Waals surface area contributed by atoms with Crippen LogP contribution in [0.1, 0.15) is 19.4 Å². The SMILES string of the molecule is CCOc1cc(Br)c(/C=C2/NC(=O)N(CC)C2=O)cc1OC. The number of imide groups is 1. The zero-order chi connectivity index (χ0) is 16.3. The number of ether oxygens (including phenoxy) is 2. The summed E-state index contributed by atoms with van der Waals surface area (Å²) in [6, 6.07) is 3.11. The quantitative estimate of drug-likeness (QED) is 0.640. The summed E-state index contributed by atoms with van der Waals surface area (Å²) in [5.74, 6) is 0.823. The van der Waals surface area contributed by atoms with Crippen molar-refractivity contribution in [2.75, 3.05) is 20.3 Å². The standard InChI is InChI=1S/C15H17BrN2O4/c1-4-18-14(19)11(17-15(18)20)6-9-7-12(21-3)13(22-5-2)8-10(9)16/h6-8H,4-5H2,1-3H3,(H,17,20)/b11-6+. The van der Waals surface area contributed by atoms with Crippen molar-refractivity contribution in [1.82, 2.24) is 10.2 Å². The molecule has 0 bridgehead atoms. The predicted octanol–water partition coefficient (Wildman–Crippen LogP) is 2.77. The lowest BCUT2D eigenvalue weighted by Gasteiger charge is -2.11. The largest absolute Gasteiger partial charge is 0.493 e. The van der Waals surface area contributed by atoms with Gasteiger partial charge in [-0.1, -0.05) is 15.9 Å². The van der Waals surface area contributed by atoms with Crippen LogP contribution in [-0.2, 0) is 4.79 Å². The highest BCUT2D eigenvalue weighted by Crippen LogP contribution is 2.34. The molecule has 1 fully saturated rings. The summed E-state index contributed by atoms with van der Waals surface area (Å²) in [4.78, 5) is 24.9. The van der Waals surface area contributed by atoms with Gasteiger partial charge in [-0.2, -0.15) is 0 Å². The van der Waals surface area contributed by atoms with E-state index in [0.29, 0.717) is 30.2 Å². The van der Waals surface area contributed by atoms with Crippen molar-refractivity contribution < 1.29 is 19.1 Å². The van der Waals surface area contributed by atoms with Gasteiger partial charge in [-0.25, -0.2) is 4.79 Å². The van der Waals surface area contributed by atoms with Gasteiger partial charge in [-0.3, -0.25) is 9.69 Å². The van der Waals surface area contributed by atoms with E-state index < -0.39 is 6.03 Å². The van der Waals surface area contributed by atoms with Gasteiger partial charge < -0.3 is 14.8 Å². The summed E-state index contributed by atoms with van der Waals surface area (Å²) in [6.07, 6.45) is 1.61. The zero-order valence-electron chi connectivity index (χ0n) is 12.6. The second kappa shape index (κ2) is 6.83. The molecule has 1 aromatic rings. The normalized spacial score (nSPS) is 16.2. The average Bonchev–Trinajstić information content (AvgIpc) is 2.76. The lowest BCUT2D eigenvalue weighted by Crippen LogP contribution is -2.30. The molecule has 0 spiro atoms. The minimum absolute atomic E-state index is 0.235. The van der Waals surface area contributed by atoms with Gasteiger partial charge in [0.1, 0.15) is 5.70 Å². The Labute approximate surface area is 137 Å². The molecule has 0 aromatic heterocycles. The van der Waals surface area contributed by atoms with E-state index in [1.807, 2.05) is 6.92 Å². The van der Waals surface area contributed by atoms with E-state index in [1.54, 1.807) is 32.2 Å². The van der Waals surface area contributed by atoms with Crippen LogP contribution in [0.4, 0.5) is 4.79 Å². The van der Waals surface area contributed by atoms with Gasteiger partial charge in [0, 0.05) is 11.0 Å². The molecule has 118 valence electrons. The number of carbonyl (C=O) groups excluding carboxylic acids is 2. The van der Waals surface area contributed by atoms with Crippen LogP contribution in [-0.4, -0.2) is 37.1 Å². The molecule has 1 N–H and O–H groups in total. The molecule has 2 rings (SSSR count). The smallest absolute Gasteiger partial charge is 0.328 e. The Kier molecular flexibility index (Phi) is 5.07. The maximum absolute atomic E-state index is 12.1. The summed E-state index contributed by atoms with van der Waals surface area (Å²) in [5.41, 5.74) is 0.945. The first-order chi connectivity index (χ1) is 10.5. The van der Waals surface area contributed by atoms with Gasteiger partial charge in [-0.15, -0.1) is 0 Å². The molecule has 0 saturated carbocycles. The molecule has 0 atom stereocenters. The van der Waals surface area contributed by atoms with Crippen molar-refractivity contribution in [1.29, 1.82) is 0 Å². The molecule has 1 aromatic carbocycles. The van der Waals surface area contributed by atoms with Crippen LogP contribution >= 0.6 is 15.9 Å². The van der Waals surface area contributed by atoms with Gasteiger partial charge in [0.2, 0.25) is 0 Å². The summed E-state index contributed by atoms with van der Waals surface area (Å²) >= 11 is 3.44. The first kappa shape index (κ1) is 16.4. The summed E-state index contributed by atoms with van der Waals surface area (Å²) in [6.45, 7) is 4.48. The van der Waals surface area contributed by atoms with E-state index >= 15 is 0 Å². The lowest BCUT2D eigenvalue weighted by atomic mass is 10.1. The molecule has 3 amide bonds. The van der Waals surface area contributed by atoms with Crippen LogP contribution in [0, 0.1) is 0 Å². The van der Waals surface area contributed by atoms with E-state index in [9.17, 15) is 9.59 Å². The second-order valence-corrected chi connectivity index (χ2v) is 5.35. The highest BCUT2D eigenvalue weighted by molar-refractivity contribution is 9.10. The minimum atomic E-state index is -0.409. The summed E-state index contributed by atoms with van der Waals surface area (Å²) < 4.78 is 11.5. The molecule has 0 unspecified atom stereocenters. The van der Waals surface area contributed by atoms with Crippen molar-refractivity contribution >= 4 is 33.9 Å². The number of carbonyl (C=O) groups is 2. The number of halogens is 1. The van der Waals surface area contributed by atoms with E-state index in [4.69, 9.17) is 9.47 Å². The fourth-order valence-corrected chi connectivity index (χ4v) is 2.54. The fraction of sp³-hybridized carbons (Fsp3) is 0.333. The number of hydrogen-bond acceptors (Lipinski definition) is 4. The lowest BCUT2D eigenvalue weighted by molar-refractivity contribution is -0.122. The van der Waals surface area contributed by atoms with Crippen LogP contribution in [0.3, 0.4) is 0 Å². The molecule has 1 aliphatic heterocycles. The minimum Gasteiger partial charge on any atom is -0.493 e. The molecule has 22 heavy (non-hydrogen) atoms. The van der Waals surface area contributed by atoms with Gasteiger partial charge in [0.25, 0.3) is 5.91 Å². The predicted molar refractivity (Wildman–Crippen MR) is 85.8 cm³/mol. The van der Waals surface area contributed by atoms with Crippen molar-refractivity contribution in [2.24, 2.45) is 0 Å². The maximum atomic E-state index is 12.1. The zero-order valence-corrected chi connectivity index (χ0v) is 14.2. The third-order valence-electron chi connectivity index (χ3n) is 3.16. The molecule has 0 aliphatic carbocycles. The monoisotopic (exact) mass is 368 g/mol. The van der Waals surface area contributed by atoms with Gasteiger partial charge in [-0.05, 0) is 37.6 Å². The Balaban J connectivity index is 2.39. The molecule has 1 saturated heterocycles. The molecule has 6 nitrogen and oxygen atoms in total. The third-order valence-corrected chi connectivity index (χ3v) is 3.85. The molecule has 7 heteroatoms. The van der Waals surface area contributed by atoms with E-state index in [2.05, 4.69) is 21.2 Å². The van der Waals surface area contributed by atoms with E-state index in [1.165, 1.54) is 0 Å². The number of rotatable bonds is 5. The fourth-order valence-electron chi connectivity index (χ4n) is 2.10. The number of amides is 3. The summed E-state index contributed by atoms with van der Waals surface area (Å²) in [7, 11) is 1.55. The first-order valence-electron chi connectivity index (χ1n) is 6.86. The molecule has 1 aliphatic rings. The van der Waals surface area contributed by atoms with Crippen LogP contribution in [0.15, 0.2) is 22.3 Å². The van der Waals surface area contributed by atoms with Crippen molar-refractivity contribution in [2.45, 2.75) is 13.8 Å². The molecule has 0 radical (unpaired) electrons. The van der Waals surface area contributed by atoms with Crippen molar-refractivity contribution in [3.63, 3.8) is 0 Å². The third kappa shape index (κ3) is 3.09. The Bertz CT molecular complexity index is 643. The Morgan fingerprint density at radius 1 is 1.27 bits per heavy atom. The number of nitrogens with one attached hydrogen (secondary N) is 1. The molecular formula is C15H17BrN2O4. The number of likely N-dealkylation sites (N-methyl/N-ethyl adjacent to an activating group) is 1. The second-order valence-electron chi connectivity index (χ2n) is 4.50. The van der Waals surface area contributed by atoms with Gasteiger partial charge in [0.05, 0.1) is 13.7 Å². The Morgan fingerprint density at radius 3 is 2.55 bits per heavy atom. The average molecular weight is 369 g/mol. The number of methoxy groups -OCH3 is 1. The number of benzene rings is 1. The van der Waals surface area contributed by atoms with Crippen LogP contribution in [0.5, 0.6) is 11.5 Å². The highest BCUT2D eigenvalue weighted by Gasteiger charge is 2.32. The topological polar surface area (TPSA) is 67.9 Å². The number of nitrogens with zero attached hydrogens (tertiary/aromatic N) is 1. The van der Waals surface area contributed by atoms with Crippen molar-refractivity contribution in [3.8, 4) is 11.5 Å². The van der Waals surface area contributed by atoms with Crippen LogP contribution in [0.25, 0.3) is 6.08 Å². The van der Waals surface area contributed by atoms with Gasteiger partial charge >= 0.3 is 6.03 Å². The molecular weight excluding hydrogens is 352 g/mol. The van der Waals surface area contributed by atoms with E-state index in [0.717, 1.165) is 9.37 Å². The maximum Gasteiger partial charge on any atom is 0.328 e. The van der Waals surface area contributed by atoms with Crippen molar-refractivity contribution in [3.05, 3.63) is 27.9 Å². The Morgan fingerprint density at radius 2 is 2.00 bits per heavy atom. The molecule has 1 heterocycles. The summed E-state index contributed by atoms with van der Waals surface area (Å²) in [5, 5.41) is 2.56. The van der Waals surface area contributed by atoms with E-state index in [-0.39, 0.29) is 11.6 Å². The van der Waals surface area contributed by atoms with Crippen LogP contribution < -0.4 is 14.8 Å². The number of urea groups is 1.